The molecule has 1 atom stereocenters. The first-order valence-corrected chi connectivity index (χ1v) is 7.26. The molecule has 5 nitrogen and oxygen atoms in total. The lowest BCUT2D eigenvalue weighted by Crippen LogP contribution is -2.21. The number of esters is 1. The Morgan fingerprint density at radius 3 is 2.57 bits per heavy atom. The second-order valence-corrected chi connectivity index (χ2v) is 4.86. The van der Waals surface area contributed by atoms with Crippen LogP contribution in [0.5, 0.6) is 0 Å². The van der Waals surface area contributed by atoms with Crippen molar-refractivity contribution < 1.29 is 9.53 Å². The average Bonchev–Trinajstić information content (AvgIpc) is 2.87. The van der Waals surface area contributed by atoms with E-state index in [9.17, 15) is 4.79 Å². The maximum atomic E-state index is 12.3. The van der Waals surface area contributed by atoms with Gasteiger partial charge in [-0.25, -0.2) is 4.98 Å². The number of carbonyl (C=O) groups is 1. The van der Waals surface area contributed by atoms with E-state index >= 15 is 0 Å². The lowest BCUT2D eigenvalue weighted by molar-refractivity contribution is -0.145. The minimum Gasteiger partial charge on any atom is -0.465 e. The Kier molecular flexibility index (Phi) is 5.09. The molecule has 1 aromatic carbocycles. The van der Waals surface area contributed by atoms with E-state index < -0.39 is 5.92 Å². The maximum Gasteiger partial charge on any atom is 0.317 e. The van der Waals surface area contributed by atoms with Crippen LogP contribution in [0.3, 0.4) is 0 Å². The van der Waals surface area contributed by atoms with Crippen LogP contribution >= 0.6 is 0 Å². The fourth-order valence-electron chi connectivity index (χ4n) is 2.28. The van der Waals surface area contributed by atoms with Gasteiger partial charge < -0.3 is 4.74 Å². The molecule has 0 bridgehead atoms. The van der Waals surface area contributed by atoms with Crippen LogP contribution in [0, 0.1) is 0 Å². The Labute approximate surface area is 125 Å². The predicted molar refractivity (Wildman–Crippen MR) is 79.9 cm³/mol. The summed E-state index contributed by atoms with van der Waals surface area (Å²) in [4.78, 5) is 16.8. The Bertz CT molecular complexity index is 593. The van der Waals surface area contributed by atoms with Crippen LogP contribution in [-0.2, 0) is 29.4 Å². The molecule has 0 amide bonds. The van der Waals surface area contributed by atoms with Gasteiger partial charge in [0.2, 0.25) is 0 Å². The molecule has 0 saturated heterocycles. The summed E-state index contributed by atoms with van der Waals surface area (Å²) in [6, 6.07) is 9.89. The number of rotatable bonds is 6. The Hall–Kier alpha value is -2.17. The highest BCUT2D eigenvalue weighted by atomic mass is 16.5. The molecule has 112 valence electrons. The van der Waals surface area contributed by atoms with Gasteiger partial charge in [-0.1, -0.05) is 37.3 Å². The number of hydrogen-bond acceptors (Lipinski definition) is 4. The summed E-state index contributed by atoms with van der Waals surface area (Å²) >= 11 is 0. The molecule has 0 N–H and O–H groups in total. The fourth-order valence-corrected chi connectivity index (χ4v) is 2.28. The van der Waals surface area contributed by atoms with E-state index in [1.165, 1.54) is 0 Å². The van der Waals surface area contributed by atoms with Gasteiger partial charge in [0.1, 0.15) is 11.7 Å². The standard InChI is InChI=1S/C16H21N3O2/c1-4-14-17-15(19(3)18-14)13(16(20)21-5-2)11-12-9-7-6-8-10-12/h6-10,13H,4-5,11H2,1-3H3. The number of benzene rings is 1. The SMILES string of the molecule is CCOC(=O)C(Cc1ccccc1)c1nc(CC)nn1C. The van der Waals surface area contributed by atoms with E-state index in [2.05, 4.69) is 10.1 Å². The lowest BCUT2D eigenvalue weighted by Gasteiger charge is -2.14. The van der Waals surface area contributed by atoms with Gasteiger partial charge in [0, 0.05) is 13.5 Å². The quantitative estimate of drug-likeness (QED) is 0.765. The fraction of sp³-hybridized carbons (Fsp3) is 0.438. The second kappa shape index (κ2) is 7.02. The molecule has 0 aliphatic heterocycles. The van der Waals surface area contributed by atoms with E-state index in [4.69, 9.17) is 4.74 Å². The third-order valence-corrected chi connectivity index (χ3v) is 3.32. The Morgan fingerprint density at radius 2 is 2.00 bits per heavy atom. The molecule has 1 unspecified atom stereocenters. The molecular formula is C16H21N3O2. The molecule has 2 aromatic rings. The van der Waals surface area contributed by atoms with Crippen molar-refractivity contribution in [1.82, 2.24) is 14.8 Å². The van der Waals surface area contributed by atoms with Gasteiger partial charge >= 0.3 is 5.97 Å². The van der Waals surface area contributed by atoms with Crippen molar-refractivity contribution in [2.24, 2.45) is 7.05 Å². The molecule has 1 heterocycles. The van der Waals surface area contributed by atoms with Crippen LogP contribution in [0.4, 0.5) is 0 Å². The highest BCUT2D eigenvalue weighted by Gasteiger charge is 2.27. The van der Waals surface area contributed by atoms with Crippen LogP contribution in [0.25, 0.3) is 0 Å². The summed E-state index contributed by atoms with van der Waals surface area (Å²) in [7, 11) is 1.82. The zero-order valence-electron chi connectivity index (χ0n) is 12.7. The second-order valence-electron chi connectivity index (χ2n) is 4.86. The highest BCUT2D eigenvalue weighted by Crippen LogP contribution is 2.21. The minimum absolute atomic E-state index is 0.250. The van der Waals surface area contributed by atoms with Crippen LogP contribution in [0.15, 0.2) is 30.3 Å². The number of carbonyl (C=O) groups excluding carboxylic acids is 1. The normalized spacial score (nSPS) is 12.1. The molecule has 0 spiro atoms. The number of aromatic nitrogens is 3. The number of ether oxygens (including phenoxy) is 1. The van der Waals surface area contributed by atoms with Gasteiger partial charge in [-0.15, -0.1) is 0 Å². The van der Waals surface area contributed by atoms with Crippen LogP contribution in [0.2, 0.25) is 0 Å². The largest absolute Gasteiger partial charge is 0.465 e. The summed E-state index contributed by atoms with van der Waals surface area (Å²) in [6.45, 7) is 4.17. The smallest absolute Gasteiger partial charge is 0.317 e. The summed E-state index contributed by atoms with van der Waals surface area (Å²) in [5.74, 6) is 0.730. The van der Waals surface area contributed by atoms with Crippen LogP contribution in [-0.4, -0.2) is 27.3 Å². The summed E-state index contributed by atoms with van der Waals surface area (Å²) in [6.07, 6.45) is 1.31. The lowest BCUT2D eigenvalue weighted by atomic mass is 9.98. The zero-order chi connectivity index (χ0) is 15.2. The highest BCUT2D eigenvalue weighted by molar-refractivity contribution is 5.77. The van der Waals surface area contributed by atoms with E-state index in [0.29, 0.717) is 18.9 Å². The number of nitrogens with zero attached hydrogens (tertiary/aromatic N) is 3. The zero-order valence-corrected chi connectivity index (χ0v) is 12.7. The van der Waals surface area contributed by atoms with E-state index in [1.54, 1.807) is 4.68 Å². The molecule has 1 aromatic heterocycles. The van der Waals surface area contributed by atoms with Crippen LogP contribution in [0.1, 0.15) is 37.0 Å². The molecule has 0 saturated carbocycles. The van der Waals surface area contributed by atoms with Crippen LogP contribution < -0.4 is 0 Å². The van der Waals surface area contributed by atoms with Crippen molar-refractivity contribution in [2.75, 3.05) is 6.61 Å². The Morgan fingerprint density at radius 1 is 1.29 bits per heavy atom. The molecule has 0 fully saturated rings. The molecule has 0 aliphatic rings. The van der Waals surface area contributed by atoms with Crippen molar-refractivity contribution in [3.8, 4) is 0 Å². The average molecular weight is 287 g/mol. The number of hydrogen-bond donors (Lipinski definition) is 0. The van der Waals surface area contributed by atoms with Gasteiger partial charge in [-0.05, 0) is 18.9 Å². The predicted octanol–water partition coefficient (Wildman–Crippen LogP) is 2.27. The molecule has 2 rings (SSSR count). The maximum absolute atomic E-state index is 12.3. The third kappa shape index (κ3) is 3.68. The van der Waals surface area contributed by atoms with Gasteiger partial charge in [0.15, 0.2) is 5.82 Å². The van der Waals surface area contributed by atoms with Gasteiger partial charge in [-0.3, -0.25) is 9.48 Å². The first kappa shape index (κ1) is 15.2. The summed E-state index contributed by atoms with van der Waals surface area (Å²) in [5, 5.41) is 4.33. The topological polar surface area (TPSA) is 57.0 Å². The van der Waals surface area contributed by atoms with Crippen molar-refractivity contribution in [2.45, 2.75) is 32.6 Å². The van der Waals surface area contributed by atoms with Gasteiger partial charge in [0.05, 0.1) is 6.61 Å². The molecular weight excluding hydrogens is 266 g/mol. The van der Waals surface area contributed by atoms with Crippen molar-refractivity contribution in [3.05, 3.63) is 47.5 Å². The third-order valence-electron chi connectivity index (χ3n) is 3.32. The summed E-state index contributed by atoms with van der Waals surface area (Å²) in [5.41, 5.74) is 1.08. The minimum atomic E-state index is -0.426. The van der Waals surface area contributed by atoms with Crippen molar-refractivity contribution in [1.29, 1.82) is 0 Å². The first-order chi connectivity index (χ1) is 10.2. The van der Waals surface area contributed by atoms with Crippen molar-refractivity contribution >= 4 is 5.97 Å². The van der Waals surface area contributed by atoms with Gasteiger partial charge in [0.25, 0.3) is 0 Å². The summed E-state index contributed by atoms with van der Waals surface area (Å²) < 4.78 is 6.89. The van der Waals surface area contributed by atoms with E-state index in [1.807, 2.05) is 51.2 Å². The molecule has 21 heavy (non-hydrogen) atoms. The van der Waals surface area contributed by atoms with Gasteiger partial charge in [-0.2, -0.15) is 5.10 Å². The Balaban J connectivity index is 2.31. The van der Waals surface area contributed by atoms with Crippen molar-refractivity contribution in [3.63, 3.8) is 0 Å². The first-order valence-electron chi connectivity index (χ1n) is 7.26. The molecule has 5 heteroatoms. The van der Waals surface area contributed by atoms with E-state index in [-0.39, 0.29) is 5.97 Å². The van der Waals surface area contributed by atoms with E-state index in [0.717, 1.165) is 17.8 Å². The number of aryl methyl sites for hydroxylation is 2. The molecule has 0 radical (unpaired) electrons. The molecule has 0 aliphatic carbocycles. The monoisotopic (exact) mass is 287 g/mol.